The third-order valence-electron chi connectivity index (χ3n) is 2.49. The maximum absolute atomic E-state index is 11.7. The fraction of sp³-hybridized carbons (Fsp3) is 0.917. The minimum atomic E-state index is -0.0813. The molecule has 1 atom stereocenters. The summed E-state index contributed by atoms with van der Waals surface area (Å²) >= 11 is 0. The quantitative estimate of drug-likeness (QED) is 0.611. The molecule has 1 unspecified atom stereocenters. The van der Waals surface area contributed by atoms with Crippen molar-refractivity contribution in [2.24, 2.45) is 0 Å². The lowest BCUT2D eigenvalue weighted by Gasteiger charge is -2.32. The SMILES string of the molecule is CCCN(C(C)C)C(CC)C(=O)OCC. The van der Waals surface area contributed by atoms with Crippen molar-refractivity contribution in [1.82, 2.24) is 4.90 Å². The first-order valence-corrected chi connectivity index (χ1v) is 6.00. The summed E-state index contributed by atoms with van der Waals surface area (Å²) in [4.78, 5) is 14.0. The van der Waals surface area contributed by atoms with E-state index < -0.39 is 0 Å². The van der Waals surface area contributed by atoms with Gasteiger partial charge in [-0.2, -0.15) is 0 Å². The molecule has 0 aliphatic carbocycles. The summed E-state index contributed by atoms with van der Waals surface area (Å²) in [5.41, 5.74) is 0. The number of rotatable bonds is 7. The number of hydrogen-bond donors (Lipinski definition) is 0. The summed E-state index contributed by atoms with van der Waals surface area (Å²) in [6.07, 6.45) is 1.88. The lowest BCUT2D eigenvalue weighted by atomic mass is 10.1. The number of carbonyl (C=O) groups excluding carboxylic acids is 1. The van der Waals surface area contributed by atoms with Crippen molar-refractivity contribution in [3.63, 3.8) is 0 Å². The summed E-state index contributed by atoms with van der Waals surface area (Å²) in [6.45, 7) is 11.7. The van der Waals surface area contributed by atoms with Gasteiger partial charge in [0.15, 0.2) is 0 Å². The van der Waals surface area contributed by atoms with E-state index in [0.717, 1.165) is 19.4 Å². The Morgan fingerprint density at radius 1 is 1.27 bits per heavy atom. The van der Waals surface area contributed by atoms with E-state index in [0.29, 0.717) is 12.6 Å². The van der Waals surface area contributed by atoms with Crippen molar-refractivity contribution < 1.29 is 9.53 Å². The van der Waals surface area contributed by atoms with E-state index in [1.807, 2.05) is 13.8 Å². The van der Waals surface area contributed by atoms with Gasteiger partial charge in [-0.25, -0.2) is 0 Å². The van der Waals surface area contributed by atoms with Crippen molar-refractivity contribution in [3.8, 4) is 0 Å². The van der Waals surface area contributed by atoms with Crippen LogP contribution in [-0.4, -0.2) is 36.1 Å². The van der Waals surface area contributed by atoms with Gasteiger partial charge in [-0.1, -0.05) is 13.8 Å². The van der Waals surface area contributed by atoms with Gasteiger partial charge in [-0.15, -0.1) is 0 Å². The van der Waals surface area contributed by atoms with Crippen LogP contribution in [0.5, 0.6) is 0 Å². The van der Waals surface area contributed by atoms with Crippen LogP contribution in [-0.2, 0) is 9.53 Å². The second kappa shape index (κ2) is 7.69. The minimum Gasteiger partial charge on any atom is -0.465 e. The lowest BCUT2D eigenvalue weighted by Crippen LogP contribution is -2.46. The van der Waals surface area contributed by atoms with Gasteiger partial charge in [0, 0.05) is 6.04 Å². The van der Waals surface area contributed by atoms with E-state index in [2.05, 4.69) is 25.7 Å². The van der Waals surface area contributed by atoms with Gasteiger partial charge >= 0.3 is 5.97 Å². The predicted octanol–water partition coefficient (Wildman–Crippen LogP) is 2.45. The molecule has 0 rings (SSSR count). The van der Waals surface area contributed by atoms with Gasteiger partial charge in [0.2, 0.25) is 0 Å². The third kappa shape index (κ3) is 4.65. The Balaban J connectivity index is 4.50. The third-order valence-corrected chi connectivity index (χ3v) is 2.49. The number of hydrogen-bond acceptors (Lipinski definition) is 3. The monoisotopic (exact) mass is 215 g/mol. The van der Waals surface area contributed by atoms with Crippen molar-refractivity contribution in [1.29, 1.82) is 0 Å². The van der Waals surface area contributed by atoms with Crippen LogP contribution in [0.2, 0.25) is 0 Å². The van der Waals surface area contributed by atoms with Crippen molar-refractivity contribution in [2.45, 2.75) is 59.5 Å². The van der Waals surface area contributed by atoms with Crippen molar-refractivity contribution >= 4 is 5.97 Å². The second-order valence-corrected chi connectivity index (χ2v) is 4.01. The Bertz CT molecular complexity index is 180. The Hall–Kier alpha value is -0.570. The van der Waals surface area contributed by atoms with Crippen LogP contribution in [0, 0.1) is 0 Å². The fourth-order valence-electron chi connectivity index (χ4n) is 1.81. The van der Waals surface area contributed by atoms with Gasteiger partial charge in [-0.05, 0) is 40.2 Å². The molecule has 0 aromatic carbocycles. The standard InChI is InChI=1S/C12H25NO2/c1-6-9-13(10(4)5)11(7-2)12(14)15-8-3/h10-11H,6-9H2,1-5H3. The average Bonchev–Trinajstić information content (AvgIpc) is 2.18. The van der Waals surface area contributed by atoms with Gasteiger partial charge in [0.05, 0.1) is 6.61 Å². The normalized spacial score (nSPS) is 13.3. The lowest BCUT2D eigenvalue weighted by molar-refractivity contribution is -0.150. The highest BCUT2D eigenvalue weighted by atomic mass is 16.5. The average molecular weight is 215 g/mol. The first-order valence-electron chi connectivity index (χ1n) is 6.00. The summed E-state index contributed by atoms with van der Waals surface area (Å²) < 4.78 is 5.09. The predicted molar refractivity (Wildman–Crippen MR) is 62.8 cm³/mol. The highest BCUT2D eigenvalue weighted by Crippen LogP contribution is 2.11. The zero-order valence-electron chi connectivity index (χ0n) is 10.7. The first kappa shape index (κ1) is 14.4. The van der Waals surface area contributed by atoms with Crippen LogP contribution in [0.15, 0.2) is 0 Å². The van der Waals surface area contributed by atoms with E-state index in [1.54, 1.807) is 0 Å². The molecule has 0 aromatic heterocycles. The van der Waals surface area contributed by atoms with Crippen LogP contribution in [0.25, 0.3) is 0 Å². The molecule has 0 fully saturated rings. The Kier molecular flexibility index (Phi) is 7.39. The van der Waals surface area contributed by atoms with Gasteiger partial charge < -0.3 is 4.74 Å². The van der Waals surface area contributed by atoms with Gasteiger partial charge in [0.1, 0.15) is 6.04 Å². The van der Waals surface area contributed by atoms with Gasteiger partial charge in [-0.3, -0.25) is 9.69 Å². The molecule has 3 heteroatoms. The minimum absolute atomic E-state index is 0.0788. The first-order chi connectivity index (χ1) is 7.08. The van der Waals surface area contributed by atoms with Crippen LogP contribution in [0.1, 0.15) is 47.5 Å². The summed E-state index contributed by atoms with van der Waals surface area (Å²) in [6, 6.07) is 0.309. The molecule has 0 N–H and O–H groups in total. The molecule has 0 aliphatic rings. The molecule has 0 heterocycles. The van der Waals surface area contributed by atoms with Crippen molar-refractivity contribution in [2.75, 3.05) is 13.2 Å². The Morgan fingerprint density at radius 2 is 1.87 bits per heavy atom. The number of ether oxygens (including phenoxy) is 1. The smallest absolute Gasteiger partial charge is 0.323 e. The van der Waals surface area contributed by atoms with Gasteiger partial charge in [0.25, 0.3) is 0 Å². The maximum atomic E-state index is 11.7. The van der Waals surface area contributed by atoms with Crippen LogP contribution in [0.4, 0.5) is 0 Å². The molecular weight excluding hydrogens is 190 g/mol. The number of esters is 1. The number of nitrogens with zero attached hydrogens (tertiary/aromatic N) is 1. The maximum Gasteiger partial charge on any atom is 0.323 e. The number of carbonyl (C=O) groups is 1. The molecule has 0 bridgehead atoms. The molecule has 0 aromatic rings. The summed E-state index contributed by atoms with van der Waals surface area (Å²) in [5, 5.41) is 0. The second-order valence-electron chi connectivity index (χ2n) is 4.01. The molecule has 0 saturated carbocycles. The largest absolute Gasteiger partial charge is 0.465 e. The van der Waals surface area contributed by atoms with Crippen LogP contribution < -0.4 is 0 Å². The van der Waals surface area contributed by atoms with E-state index in [9.17, 15) is 4.79 Å². The van der Waals surface area contributed by atoms with E-state index in [4.69, 9.17) is 4.74 Å². The molecule has 15 heavy (non-hydrogen) atoms. The van der Waals surface area contributed by atoms with E-state index >= 15 is 0 Å². The molecule has 3 nitrogen and oxygen atoms in total. The molecule has 0 amide bonds. The van der Waals surface area contributed by atoms with E-state index in [1.165, 1.54) is 0 Å². The fourth-order valence-corrected chi connectivity index (χ4v) is 1.81. The summed E-state index contributed by atoms with van der Waals surface area (Å²) in [7, 11) is 0. The van der Waals surface area contributed by atoms with E-state index in [-0.39, 0.29) is 12.0 Å². The molecular formula is C12H25NO2. The molecule has 0 saturated heterocycles. The summed E-state index contributed by atoms with van der Waals surface area (Å²) in [5.74, 6) is -0.0813. The zero-order valence-corrected chi connectivity index (χ0v) is 10.7. The topological polar surface area (TPSA) is 29.5 Å². The molecule has 90 valence electrons. The molecule has 0 spiro atoms. The Morgan fingerprint density at radius 3 is 2.20 bits per heavy atom. The van der Waals surface area contributed by atoms with Crippen molar-refractivity contribution in [3.05, 3.63) is 0 Å². The van der Waals surface area contributed by atoms with Crippen LogP contribution in [0.3, 0.4) is 0 Å². The highest BCUT2D eigenvalue weighted by molar-refractivity contribution is 5.75. The zero-order chi connectivity index (χ0) is 11.8. The molecule has 0 radical (unpaired) electrons. The van der Waals surface area contributed by atoms with Crippen LogP contribution >= 0.6 is 0 Å². The molecule has 0 aliphatic heterocycles. The highest BCUT2D eigenvalue weighted by Gasteiger charge is 2.26. The Labute approximate surface area is 93.8 Å².